The highest BCUT2D eigenvalue weighted by atomic mass is 16.1. The van der Waals surface area contributed by atoms with Crippen LogP contribution in [0.5, 0.6) is 0 Å². The summed E-state index contributed by atoms with van der Waals surface area (Å²) < 4.78 is 3.20. The van der Waals surface area contributed by atoms with Gasteiger partial charge in [0.05, 0.1) is 22.9 Å². The van der Waals surface area contributed by atoms with Gasteiger partial charge in [0.1, 0.15) is 0 Å². The lowest BCUT2D eigenvalue weighted by molar-refractivity contribution is 0.843. The first-order valence-corrected chi connectivity index (χ1v) is 7.04. The normalized spacial score (nSPS) is 11.4. The smallest absolute Gasteiger partial charge is 0.293 e. The van der Waals surface area contributed by atoms with Crippen molar-refractivity contribution in [3.8, 4) is 5.69 Å². The van der Waals surface area contributed by atoms with E-state index in [2.05, 4.69) is 16.0 Å². The van der Waals surface area contributed by atoms with E-state index in [1.54, 1.807) is 28.6 Å². The third-order valence-electron chi connectivity index (χ3n) is 3.90. The maximum Gasteiger partial charge on any atom is 0.334 e. The molecule has 0 radical (unpaired) electrons. The van der Waals surface area contributed by atoms with Crippen LogP contribution in [0.1, 0.15) is 5.56 Å². The fourth-order valence-electron chi connectivity index (χ4n) is 2.76. The first-order valence-electron chi connectivity index (χ1n) is 7.04. The van der Waals surface area contributed by atoms with Crippen LogP contribution in [0.3, 0.4) is 0 Å². The fraction of sp³-hybridized carbons (Fsp3) is 0.118. The van der Waals surface area contributed by atoms with Crippen LogP contribution >= 0.6 is 0 Å². The molecule has 5 nitrogen and oxygen atoms in total. The summed E-state index contributed by atoms with van der Waals surface area (Å²) in [6.07, 6.45) is 3.41. The molecule has 0 atom stereocenters. The van der Waals surface area contributed by atoms with Crippen molar-refractivity contribution in [1.82, 2.24) is 19.1 Å². The van der Waals surface area contributed by atoms with E-state index in [9.17, 15) is 4.79 Å². The number of imidazole rings is 1. The summed E-state index contributed by atoms with van der Waals surface area (Å²) in [7, 11) is 1.75. The molecule has 0 aliphatic rings. The Labute approximate surface area is 126 Å². The highest BCUT2D eigenvalue weighted by Crippen LogP contribution is 2.19. The van der Waals surface area contributed by atoms with Gasteiger partial charge in [-0.05, 0) is 37.3 Å². The largest absolute Gasteiger partial charge is 0.334 e. The van der Waals surface area contributed by atoms with Gasteiger partial charge < -0.3 is 0 Å². The van der Waals surface area contributed by atoms with Gasteiger partial charge in [0.25, 0.3) is 0 Å². The maximum atomic E-state index is 12.5. The Morgan fingerprint density at radius 1 is 1.09 bits per heavy atom. The quantitative estimate of drug-likeness (QED) is 0.541. The zero-order valence-electron chi connectivity index (χ0n) is 12.3. The molecule has 0 unspecified atom stereocenters. The van der Waals surface area contributed by atoms with E-state index in [0.29, 0.717) is 5.65 Å². The lowest BCUT2D eigenvalue weighted by atomic mass is 10.1. The van der Waals surface area contributed by atoms with Crippen LogP contribution in [0.2, 0.25) is 0 Å². The second kappa shape index (κ2) is 4.53. The van der Waals surface area contributed by atoms with Crippen LogP contribution in [0.25, 0.3) is 27.8 Å². The minimum atomic E-state index is -0.123. The molecule has 0 saturated heterocycles. The molecule has 22 heavy (non-hydrogen) atoms. The lowest BCUT2D eigenvalue weighted by Crippen LogP contribution is -2.21. The van der Waals surface area contributed by atoms with E-state index >= 15 is 0 Å². The zero-order chi connectivity index (χ0) is 15.3. The van der Waals surface area contributed by atoms with Gasteiger partial charge in [0.15, 0.2) is 5.65 Å². The van der Waals surface area contributed by atoms with Gasteiger partial charge in [-0.25, -0.2) is 14.3 Å². The van der Waals surface area contributed by atoms with Crippen molar-refractivity contribution >= 4 is 22.1 Å². The van der Waals surface area contributed by atoms with Crippen molar-refractivity contribution in [1.29, 1.82) is 0 Å². The van der Waals surface area contributed by atoms with Gasteiger partial charge in [-0.2, -0.15) is 0 Å². The van der Waals surface area contributed by atoms with Gasteiger partial charge in [0.2, 0.25) is 0 Å². The molecular formula is C17H14N4O. The van der Waals surface area contributed by atoms with Crippen LogP contribution in [0, 0.1) is 6.92 Å². The Hall–Kier alpha value is -2.95. The topological polar surface area (TPSA) is 52.7 Å². The molecule has 4 rings (SSSR count). The Morgan fingerprint density at radius 2 is 1.95 bits per heavy atom. The van der Waals surface area contributed by atoms with Crippen molar-refractivity contribution < 1.29 is 0 Å². The molecule has 108 valence electrons. The molecule has 0 saturated carbocycles. The molecule has 0 bridgehead atoms. The number of hydrogen-bond acceptors (Lipinski definition) is 3. The van der Waals surface area contributed by atoms with E-state index in [1.807, 2.05) is 37.3 Å². The van der Waals surface area contributed by atoms with Gasteiger partial charge in [-0.15, -0.1) is 0 Å². The molecule has 3 aromatic heterocycles. The summed E-state index contributed by atoms with van der Waals surface area (Å²) in [5.74, 6) is 0. The standard InChI is InChI=1S/C17H14N4O/c1-11-5-6-14-12(8-11)9-13(10-19-14)21-16-15(4-3-7-18-16)20(2)17(21)22/h3-10H,1-2H3. The highest BCUT2D eigenvalue weighted by molar-refractivity contribution is 5.82. The Kier molecular flexibility index (Phi) is 2.63. The van der Waals surface area contributed by atoms with E-state index in [4.69, 9.17) is 0 Å². The molecule has 0 aliphatic heterocycles. The van der Waals surface area contributed by atoms with E-state index in [1.165, 1.54) is 0 Å². The number of benzene rings is 1. The number of rotatable bonds is 1. The summed E-state index contributed by atoms with van der Waals surface area (Å²) in [6.45, 7) is 2.04. The Morgan fingerprint density at radius 3 is 2.82 bits per heavy atom. The monoisotopic (exact) mass is 290 g/mol. The van der Waals surface area contributed by atoms with Crippen LogP contribution in [0.4, 0.5) is 0 Å². The molecule has 0 aliphatic carbocycles. The van der Waals surface area contributed by atoms with Crippen molar-refractivity contribution in [2.24, 2.45) is 7.05 Å². The van der Waals surface area contributed by atoms with E-state index in [-0.39, 0.29) is 5.69 Å². The summed E-state index contributed by atoms with van der Waals surface area (Å²) in [6, 6.07) is 11.8. The second-order valence-corrected chi connectivity index (χ2v) is 5.41. The SMILES string of the molecule is Cc1ccc2ncc(-n3c(=O)n(C)c4cccnc43)cc2c1. The number of aryl methyl sites for hydroxylation is 2. The number of pyridine rings is 2. The van der Waals surface area contributed by atoms with Gasteiger partial charge in [0, 0.05) is 18.6 Å². The van der Waals surface area contributed by atoms with E-state index < -0.39 is 0 Å². The predicted octanol–water partition coefficient (Wildman–Crippen LogP) is 2.58. The molecule has 1 aromatic carbocycles. The molecular weight excluding hydrogens is 276 g/mol. The third kappa shape index (κ3) is 1.75. The Bertz CT molecular complexity index is 1080. The van der Waals surface area contributed by atoms with Gasteiger partial charge in [-0.3, -0.25) is 9.55 Å². The number of nitrogens with zero attached hydrogens (tertiary/aromatic N) is 4. The minimum absolute atomic E-state index is 0.123. The van der Waals surface area contributed by atoms with Gasteiger partial charge in [-0.1, -0.05) is 11.6 Å². The predicted molar refractivity (Wildman–Crippen MR) is 86.3 cm³/mol. The summed E-state index contributed by atoms with van der Waals surface area (Å²) in [5, 5.41) is 1.01. The average Bonchev–Trinajstić information content (AvgIpc) is 2.79. The highest BCUT2D eigenvalue weighted by Gasteiger charge is 2.13. The number of fused-ring (bicyclic) bond motifs is 2. The third-order valence-corrected chi connectivity index (χ3v) is 3.90. The second-order valence-electron chi connectivity index (χ2n) is 5.41. The molecule has 3 heterocycles. The summed E-state index contributed by atoms with van der Waals surface area (Å²) in [5.41, 5.74) is 4.13. The Balaban J connectivity index is 2.07. The van der Waals surface area contributed by atoms with Crippen LogP contribution in [0.15, 0.2) is 53.6 Å². The number of hydrogen-bond donors (Lipinski definition) is 0. The average molecular weight is 290 g/mol. The van der Waals surface area contributed by atoms with Crippen molar-refractivity contribution in [2.75, 3.05) is 0 Å². The lowest BCUT2D eigenvalue weighted by Gasteiger charge is -2.05. The van der Waals surface area contributed by atoms with Gasteiger partial charge >= 0.3 is 5.69 Å². The summed E-state index contributed by atoms with van der Waals surface area (Å²) in [4.78, 5) is 21.4. The number of aromatic nitrogens is 4. The van der Waals surface area contributed by atoms with Crippen molar-refractivity contribution in [2.45, 2.75) is 6.92 Å². The van der Waals surface area contributed by atoms with Crippen LogP contribution in [-0.2, 0) is 7.05 Å². The van der Waals surface area contributed by atoms with Crippen molar-refractivity contribution in [3.63, 3.8) is 0 Å². The first kappa shape index (κ1) is 12.8. The fourth-order valence-corrected chi connectivity index (χ4v) is 2.76. The zero-order valence-corrected chi connectivity index (χ0v) is 12.3. The molecule has 0 N–H and O–H groups in total. The van der Waals surface area contributed by atoms with E-state index in [0.717, 1.165) is 27.7 Å². The summed E-state index contributed by atoms with van der Waals surface area (Å²) >= 11 is 0. The van der Waals surface area contributed by atoms with Crippen LogP contribution < -0.4 is 5.69 Å². The molecule has 0 fully saturated rings. The molecule has 4 aromatic rings. The molecule has 0 amide bonds. The molecule has 0 spiro atoms. The van der Waals surface area contributed by atoms with Crippen molar-refractivity contribution in [3.05, 3.63) is 64.8 Å². The van der Waals surface area contributed by atoms with Crippen LogP contribution in [-0.4, -0.2) is 19.1 Å². The molecule has 5 heteroatoms. The first-order chi connectivity index (χ1) is 10.6. The minimum Gasteiger partial charge on any atom is -0.293 e. The maximum absolute atomic E-state index is 12.5.